The number of benzene rings is 1. The van der Waals surface area contributed by atoms with E-state index in [2.05, 4.69) is 47.5 Å². The molecule has 0 saturated carbocycles. The number of nitrogens with zero attached hydrogens (tertiary/aromatic N) is 2. The van der Waals surface area contributed by atoms with Gasteiger partial charge in [0.1, 0.15) is 4.60 Å². The highest BCUT2D eigenvalue weighted by Crippen LogP contribution is 2.08. The van der Waals surface area contributed by atoms with Gasteiger partial charge in [-0.05, 0) is 45.8 Å². The first-order valence-electron chi connectivity index (χ1n) is 9.30. The van der Waals surface area contributed by atoms with Gasteiger partial charge in [0.15, 0.2) is 0 Å². The van der Waals surface area contributed by atoms with Crippen molar-refractivity contribution in [2.75, 3.05) is 14.2 Å². The van der Waals surface area contributed by atoms with Crippen molar-refractivity contribution in [3.8, 4) is 0 Å². The summed E-state index contributed by atoms with van der Waals surface area (Å²) in [5.74, 6) is -0.728. The molecule has 0 aliphatic heterocycles. The quantitative estimate of drug-likeness (QED) is 0.387. The number of pyridine rings is 2. The van der Waals surface area contributed by atoms with Crippen LogP contribution in [-0.2, 0) is 15.9 Å². The maximum Gasteiger partial charge on any atom is 0.339 e. The molecule has 158 valence electrons. The van der Waals surface area contributed by atoms with Crippen molar-refractivity contribution in [1.29, 1.82) is 0 Å². The average Bonchev–Trinajstić information content (AvgIpc) is 2.81. The molecule has 2 aromatic heterocycles. The Hall–Kier alpha value is -3.06. The maximum atomic E-state index is 11.2. The average molecular weight is 473 g/mol. The normalized spacial score (nSPS) is 9.23. The fraction of sp³-hybridized carbons (Fsp3) is 0.217. The summed E-state index contributed by atoms with van der Waals surface area (Å²) in [6, 6.07) is 17.0. The molecule has 0 saturated heterocycles. The van der Waals surface area contributed by atoms with Gasteiger partial charge < -0.3 is 9.47 Å². The Morgan fingerprint density at radius 1 is 0.800 bits per heavy atom. The van der Waals surface area contributed by atoms with Crippen LogP contribution in [0, 0.1) is 0 Å². The van der Waals surface area contributed by atoms with E-state index in [-0.39, 0.29) is 11.9 Å². The lowest BCUT2D eigenvalue weighted by Gasteiger charge is -2.02. The van der Waals surface area contributed by atoms with Crippen LogP contribution in [0.1, 0.15) is 45.8 Å². The number of hydrogen-bond donors (Lipinski definition) is 0. The highest BCUT2D eigenvalue weighted by Gasteiger charge is 2.05. The van der Waals surface area contributed by atoms with Crippen LogP contribution in [0.3, 0.4) is 0 Å². The van der Waals surface area contributed by atoms with E-state index in [4.69, 9.17) is 0 Å². The fourth-order valence-electron chi connectivity index (χ4n) is 2.19. The molecule has 3 rings (SSSR count). The Morgan fingerprint density at radius 2 is 1.33 bits per heavy atom. The minimum atomic E-state index is -0.370. The molecule has 0 atom stereocenters. The predicted molar refractivity (Wildman–Crippen MR) is 119 cm³/mol. The molecule has 2 heterocycles. The first kappa shape index (κ1) is 25.0. The van der Waals surface area contributed by atoms with Crippen LogP contribution < -0.4 is 0 Å². The zero-order valence-corrected chi connectivity index (χ0v) is 19.0. The van der Waals surface area contributed by atoms with Gasteiger partial charge in [-0.1, -0.05) is 44.2 Å². The van der Waals surface area contributed by atoms with Crippen molar-refractivity contribution in [3.05, 3.63) is 94.0 Å². The maximum absolute atomic E-state index is 11.2. The molecule has 0 unspecified atom stereocenters. The zero-order chi connectivity index (χ0) is 22.4. The molecule has 0 amide bonds. The Morgan fingerprint density at radius 3 is 1.77 bits per heavy atom. The molecular formula is C23H25BrN2O4. The number of rotatable bonds is 4. The van der Waals surface area contributed by atoms with Gasteiger partial charge in [0.25, 0.3) is 0 Å². The van der Waals surface area contributed by atoms with Gasteiger partial charge >= 0.3 is 11.9 Å². The highest BCUT2D eigenvalue weighted by molar-refractivity contribution is 9.10. The van der Waals surface area contributed by atoms with Crippen LogP contribution >= 0.6 is 15.9 Å². The second-order valence-corrected chi connectivity index (χ2v) is 6.37. The topological polar surface area (TPSA) is 78.4 Å². The monoisotopic (exact) mass is 472 g/mol. The zero-order valence-electron chi connectivity index (χ0n) is 17.5. The lowest BCUT2D eigenvalue weighted by molar-refractivity contribution is 0.0591. The lowest BCUT2D eigenvalue weighted by Crippen LogP contribution is -2.02. The molecule has 7 heteroatoms. The first-order chi connectivity index (χ1) is 14.5. The van der Waals surface area contributed by atoms with Gasteiger partial charge in [-0.15, -0.1) is 0 Å². The van der Waals surface area contributed by atoms with Gasteiger partial charge in [0.05, 0.1) is 25.3 Å². The van der Waals surface area contributed by atoms with E-state index in [1.807, 2.05) is 38.1 Å². The van der Waals surface area contributed by atoms with E-state index in [0.717, 1.165) is 12.1 Å². The predicted octanol–water partition coefficient (Wildman–Crippen LogP) is 5.12. The van der Waals surface area contributed by atoms with E-state index in [9.17, 15) is 9.59 Å². The largest absolute Gasteiger partial charge is 0.465 e. The van der Waals surface area contributed by atoms with Crippen molar-refractivity contribution < 1.29 is 19.1 Å². The van der Waals surface area contributed by atoms with Gasteiger partial charge in [-0.3, -0.25) is 4.98 Å². The van der Waals surface area contributed by atoms with Crippen molar-refractivity contribution in [2.45, 2.75) is 20.3 Å². The second kappa shape index (κ2) is 14.0. The molecule has 0 spiro atoms. The SMILES string of the molecule is CC.COC(=O)c1ccc(Br)nc1.COC(=O)c1ccc(Cc2ccccc2)nc1. The first-order valence-corrected chi connectivity index (χ1v) is 10.1. The van der Waals surface area contributed by atoms with E-state index in [0.29, 0.717) is 15.7 Å². The Bertz CT molecular complexity index is 899. The number of hydrogen-bond acceptors (Lipinski definition) is 6. The number of carbonyl (C=O) groups is 2. The van der Waals surface area contributed by atoms with Crippen LogP contribution in [-0.4, -0.2) is 36.1 Å². The van der Waals surface area contributed by atoms with Gasteiger partial charge in [-0.25, -0.2) is 14.6 Å². The lowest BCUT2D eigenvalue weighted by atomic mass is 10.1. The van der Waals surface area contributed by atoms with Crippen molar-refractivity contribution in [2.24, 2.45) is 0 Å². The van der Waals surface area contributed by atoms with E-state index in [1.54, 1.807) is 24.4 Å². The molecule has 6 nitrogen and oxygen atoms in total. The van der Waals surface area contributed by atoms with Crippen LogP contribution in [0.4, 0.5) is 0 Å². The minimum Gasteiger partial charge on any atom is -0.465 e. The third-order valence-electron chi connectivity index (χ3n) is 3.62. The minimum absolute atomic E-state index is 0.358. The van der Waals surface area contributed by atoms with E-state index < -0.39 is 0 Å². The molecule has 0 N–H and O–H groups in total. The summed E-state index contributed by atoms with van der Waals surface area (Å²) >= 11 is 3.15. The molecule has 0 aliphatic carbocycles. The molecule has 30 heavy (non-hydrogen) atoms. The van der Waals surface area contributed by atoms with Gasteiger partial charge in [0.2, 0.25) is 0 Å². The van der Waals surface area contributed by atoms with Crippen molar-refractivity contribution in [1.82, 2.24) is 9.97 Å². The number of methoxy groups -OCH3 is 2. The molecule has 0 bridgehead atoms. The third kappa shape index (κ3) is 8.53. The van der Waals surface area contributed by atoms with Crippen molar-refractivity contribution >= 4 is 27.9 Å². The summed E-state index contributed by atoms with van der Waals surface area (Å²) in [6.45, 7) is 4.00. The van der Waals surface area contributed by atoms with E-state index >= 15 is 0 Å². The van der Waals surface area contributed by atoms with Crippen LogP contribution in [0.2, 0.25) is 0 Å². The summed E-state index contributed by atoms with van der Waals surface area (Å²) in [7, 11) is 2.70. The van der Waals surface area contributed by atoms with Crippen LogP contribution in [0.15, 0.2) is 71.6 Å². The second-order valence-electron chi connectivity index (χ2n) is 5.55. The summed E-state index contributed by atoms with van der Waals surface area (Å²) < 4.78 is 9.80. The number of ether oxygens (including phenoxy) is 2. The fourth-order valence-corrected chi connectivity index (χ4v) is 2.42. The smallest absolute Gasteiger partial charge is 0.339 e. The summed E-state index contributed by atoms with van der Waals surface area (Å²) in [4.78, 5) is 30.2. The van der Waals surface area contributed by atoms with Gasteiger partial charge in [-0.2, -0.15) is 0 Å². The third-order valence-corrected chi connectivity index (χ3v) is 4.09. The Labute approximate surface area is 185 Å². The molecule has 1 aromatic carbocycles. The number of aromatic nitrogens is 2. The molecule has 0 fully saturated rings. The molecule has 0 aliphatic rings. The molecule has 3 aromatic rings. The highest BCUT2D eigenvalue weighted by atomic mass is 79.9. The number of esters is 2. The number of carbonyl (C=O) groups excluding carboxylic acids is 2. The standard InChI is InChI=1S/C14H13NO2.C7H6BrNO2.C2H6/c1-17-14(16)12-7-8-13(15-10-12)9-11-5-3-2-4-6-11;1-11-7(10)5-2-3-6(8)9-4-5;1-2/h2-8,10H,9H2,1H3;2-4H,1H3;1-2H3. The van der Waals surface area contributed by atoms with Gasteiger partial charge in [0, 0.05) is 24.5 Å². The molecular weight excluding hydrogens is 448 g/mol. The van der Waals surface area contributed by atoms with Crippen molar-refractivity contribution in [3.63, 3.8) is 0 Å². The molecule has 0 radical (unpaired) electrons. The Balaban J connectivity index is 0.000000300. The summed E-state index contributed by atoms with van der Waals surface area (Å²) in [6.07, 6.45) is 3.77. The van der Waals surface area contributed by atoms with Crippen LogP contribution in [0.5, 0.6) is 0 Å². The summed E-state index contributed by atoms with van der Waals surface area (Å²) in [5, 5.41) is 0. The summed E-state index contributed by atoms with van der Waals surface area (Å²) in [5.41, 5.74) is 3.06. The van der Waals surface area contributed by atoms with Crippen LogP contribution in [0.25, 0.3) is 0 Å². The Kier molecular flexibility index (Phi) is 11.7. The van der Waals surface area contributed by atoms with E-state index in [1.165, 1.54) is 26.0 Å². The number of halogens is 1.